The van der Waals surface area contributed by atoms with Crippen LogP contribution in [0.1, 0.15) is 5.56 Å². The van der Waals surface area contributed by atoms with Crippen LogP contribution in [0.15, 0.2) is 35.2 Å². The third-order valence-corrected chi connectivity index (χ3v) is 2.79. The van der Waals surface area contributed by atoms with Gasteiger partial charge in [-0.2, -0.15) is 0 Å². The highest BCUT2D eigenvalue weighted by Crippen LogP contribution is 2.30. The maximum atomic E-state index is 10.9. The Bertz CT molecular complexity index is 327. The predicted octanol–water partition coefficient (Wildman–Crippen LogP) is 2.34. The summed E-state index contributed by atoms with van der Waals surface area (Å²) in [5.41, 5.74) is 1.10. The summed E-state index contributed by atoms with van der Waals surface area (Å²) in [4.78, 5) is 11.8. The molecule has 2 rings (SSSR count). The Labute approximate surface area is 75.5 Å². The fourth-order valence-corrected chi connectivity index (χ4v) is 1.69. The molecule has 12 heavy (non-hydrogen) atoms. The highest BCUT2D eigenvalue weighted by Gasteiger charge is 2.20. The monoisotopic (exact) mass is 176 g/mol. The molecule has 60 valence electrons. The van der Waals surface area contributed by atoms with E-state index in [-0.39, 0.29) is 5.78 Å². The molecule has 0 bridgehead atoms. The van der Waals surface area contributed by atoms with Gasteiger partial charge >= 0.3 is 0 Å². The summed E-state index contributed by atoms with van der Waals surface area (Å²) in [6.45, 7) is 0. The van der Waals surface area contributed by atoms with Crippen LogP contribution in [0.4, 0.5) is 0 Å². The van der Waals surface area contributed by atoms with E-state index in [1.807, 2.05) is 36.4 Å². The van der Waals surface area contributed by atoms with Gasteiger partial charge in [-0.05, 0) is 11.6 Å². The number of carbonyl (C=O) groups is 1. The van der Waals surface area contributed by atoms with E-state index in [1.165, 1.54) is 0 Å². The third-order valence-electron chi connectivity index (χ3n) is 1.73. The summed E-state index contributed by atoms with van der Waals surface area (Å²) < 4.78 is 0. The molecule has 1 fully saturated rings. The number of Topliss-reactive ketones (excluding diaryl/α,β-unsaturated/α-hetero) is 1. The Morgan fingerprint density at radius 1 is 1.25 bits per heavy atom. The van der Waals surface area contributed by atoms with E-state index in [4.69, 9.17) is 0 Å². The Kier molecular flexibility index (Phi) is 2.00. The Morgan fingerprint density at radius 2 is 2.00 bits per heavy atom. The standard InChI is InChI=1S/C10H8OS/c11-9-7-12-10(9)6-8-4-2-1-3-5-8/h1-6H,7H2. The molecule has 0 amide bonds. The van der Waals surface area contributed by atoms with Crippen LogP contribution in [0.2, 0.25) is 0 Å². The Morgan fingerprint density at radius 3 is 2.50 bits per heavy atom. The van der Waals surface area contributed by atoms with E-state index >= 15 is 0 Å². The number of carbonyl (C=O) groups excluding carboxylic acids is 1. The van der Waals surface area contributed by atoms with E-state index in [9.17, 15) is 4.79 Å². The van der Waals surface area contributed by atoms with Gasteiger partial charge in [0.2, 0.25) is 0 Å². The lowest BCUT2D eigenvalue weighted by Gasteiger charge is -2.13. The average molecular weight is 176 g/mol. The van der Waals surface area contributed by atoms with Crippen LogP contribution in [0.3, 0.4) is 0 Å². The molecule has 1 saturated heterocycles. The van der Waals surface area contributed by atoms with Gasteiger partial charge in [0.05, 0.1) is 10.7 Å². The van der Waals surface area contributed by atoms with Crippen LogP contribution in [0.25, 0.3) is 6.08 Å². The molecule has 0 unspecified atom stereocenters. The van der Waals surface area contributed by atoms with Crippen molar-refractivity contribution in [1.82, 2.24) is 0 Å². The second kappa shape index (κ2) is 3.15. The van der Waals surface area contributed by atoms with Crippen LogP contribution >= 0.6 is 11.8 Å². The van der Waals surface area contributed by atoms with Crippen molar-refractivity contribution in [3.63, 3.8) is 0 Å². The maximum Gasteiger partial charge on any atom is 0.179 e. The van der Waals surface area contributed by atoms with Crippen molar-refractivity contribution >= 4 is 23.6 Å². The second-order valence-electron chi connectivity index (χ2n) is 2.63. The Balaban J connectivity index is 2.23. The minimum Gasteiger partial charge on any atom is -0.293 e. The molecule has 1 nitrogen and oxygen atoms in total. The molecule has 0 atom stereocenters. The van der Waals surface area contributed by atoms with E-state index in [0.29, 0.717) is 5.75 Å². The zero-order valence-electron chi connectivity index (χ0n) is 6.49. The van der Waals surface area contributed by atoms with Crippen molar-refractivity contribution < 1.29 is 4.79 Å². The molecule has 1 aromatic rings. The van der Waals surface area contributed by atoms with E-state index < -0.39 is 0 Å². The first-order valence-electron chi connectivity index (χ1n) is 3.79. The largest absolute Gasteiger partial charge is 0.293 e. The van der Waals surface area contributed by atoms with Gasteiger partial charge in [0.1, 0.15) is 0 Å². The molecule has 0 aromatic heterocycles. The second-order valence-corrected chi connectivity index (χ2v) is 3.65. The highest BCUT2D eigenvalue weighted by molar-refractivity contribution is 8.07. The molecule has 0 radical (unpaired) electrons. The van der Waals surface area contributed by atoms with Gasteiger partial charge in [-0.25, -0.2) is 0 Å². The van der Waals surface area contributed by atoms with Gasteiger partial charge < -0.3 is 0 Å². The summed E-state index contributed by atoms with van der Waals surface area (Å²) in [6, 6.07) is 9.91. The quantitative estimate of drug-likeness (QED) is 0.611. The van der Waals surface area contributed by atoms with Gasteiger partial charge in [0.25, 0.3) is 0 Å². The molecule has 1 aliphatic heterocycles. The number of benzene rings is 1. The molecule has 1 heterocycles. The zero-order chi connectivity index (χ0) is 8.39. The summed E-state index contributed by atoms with van der Waals surface area (Å²) >= 11 is 1.62. The van der Waals surface area contributed by atoms with Crippen molar-refractivity contribution in [3.8, 4) is 0 Å². The molecule has 0 saturated carbocycles. The van der Waals surface area contributed by atoms with Crippen molar-refractivity contribution in [2.45, 2.75) is 0 Å². The summed E-state index contributed by atoms with van der Waals surface area (Å²) in [7, 11) is 0. The van der Waals surface area contributed by atoms with Crippen LogP contribution in [-0.2, 0) is 4.79 Å². The number of rotatable bonds is 1. The Hall–Kier alpha value is -1.02. The highest BCUT2D eigenvalue weighted by atomic mass is 32.2. The summed E-state index contributed by atoms with van der Waals surface area (Å²) in [6.07, 6.45) is 1.94. The number of allylic oxidation sites excluding steroid dienone is 1. The molecule has 0 N–H and O–H groups in total. The van der Waals surface area contributed by atoms with Gasteiger partial charge in [-0.3, -0.25) is 4.79 Å². The summed E-state index contributed by atoms with van der Waals surface area (Å²) in [5.74, 6) is 0.919. The van der Waals surface area contributed by atoms with Gasteiger partial charge in [0.15, 0.2) is 5.78 Å². The number of thioether (sulfide) groups is 1. The van der Waals surface area contributed by atoms with Crippen LogP contribution in [0.5, 0.6) is 0 Å². The molecular formula is C10H8OS. The maximum absolute atomic E-state index is 10.9. The lowest BCUT2D eigenvalue weighted by atomic mass is 10.2. The minimum absolute atomic E-state index is 0.267. The van der Waals surface area contributed by atoms with E-state index in [1.54, 1.807) is 11.8 Å². The number of hydrogen-bond donors (Lipinski definition) is 0. The topological polar surface area (TPSA) is 17.1 Å². The van der Waals surface area contributed by atoms with E-state index in [0.717, 1.165) is 10.5 Å². The molecule has 1 aromatic carbocycles. The van der Waals surface area contributed by atoms with E-state index in [2.05, 4.69) is 0 Å². The molecular weight excluding hydrogens is 168 g/mol. The summed E-state index contributed by atoms with van der Waals surface area (Å²) in [5, 5.41) is 0. The lowest BCUT2D eigenvalue weighted by molar-refractivity contribution is -0.113. The molecule has 0 spiro atoms. The van der Waals surface area contributed by atoms with Gasteiger partial charge in [0, 0.05) is 0 Å². The molecule has 0 aliphatic carbocycles. The van der Waals surface area contributed by atoms with Crippen LogP contribution in [0, 0.1) is 0 Å². The normalized spacial score (nSPS) is 19.3. The lowest BCUT2D eigenvalue weighted by Crippen LogP contribution is -2.13. The fourth-order valence-electron chi connectivity index (χ4n) is 1.04. The minimum atomic E-state index is 0.267. The van der Waals surface area contributed by atoms with Gasteiger partial charge in [-0.1, -0.05) is 30.3 Å². The average Bonchev–Trinajstić information content (AvgIpc) is 2.14. The fraction of sp³-hybridized carbons (Fsp3) is 0.100. The smallest absolute Gasteiger partial charge is 0.179 e. The van der Waals surface area contributed by atoms with Gasteiger partial charge in [-0.15, -0.1) is 11.8 Å². The predicted molar refractivity (Wildman–Crippen MR) is 51.9 cm³/mol. The van der Waals surface area contributed by atoms with Crippen LogP contribution in [-0.4, -0.2) is 11.5 Å². The van der Waals surface area contributed by atoms with Crippen molar-refractivity contribution in [2.75, 3.05) is 5.75 Å². The zero-order valence-corrected chi connectivity index (χ0v) is 7.30. The first-order chi connectivity index (χ1) is 5.86. The SMILES string of the molecule is O=C1CSC1=Cc1ccccc1. The van der Waals surface area contributed by atoms with Crippen molar-refractivity contribution in [3.05, 3.63) is 40.8 Å². The first kappa shape index (κ1) is 7.62. The third kappa shape index (κ3) is 1.43. The number of hydrogen-bond acceptors (Lipinski definition) is 2. The van der Waals surface area contributed by atoms with Crippen molar-refractivity contribution in [2.24, 2.45) is 0 Å². The number of ketones is 1. The molecule has 2 heteroatoms. The van der Waals surface area contributed by atoms with Crippen LogP contribution < -0.4 is 0 Å². The first-order valence-corrected chi connectivity index (χ1v) is 4.77. The molecule has 1 aliphatic rings. The van der Waals surface area contributed by atoms with Crippen molar-refractivity contribution in [1.29, 1.82) is 0 Å².